The van der Waals surface area contributed by atoms with Gasteiger partial charge in [0.2, 0.25) is 0 Å². The molecule has 140 valence electrons. The van der Waals surface area contributed by atoms with Gasteiger partial charge in [0.15, 0.2) is 0 Å². The Hall–Kier alpha value is -1.85. The fraction of sp³-hybridized carbons (Fsp3) is 0.571. The summed E-state index contributed by atoms with van der Waals surface area (Å²) in [5.41, 5.74) is 2.53. The van der Waals surface area contributed by atoms with Crippen molar-refractivity contribution in [2.45, 2.75) is 32.9 Å². The second-order valence-electron chi connectivity index (χ2n) is 7.99. The summed E-state index contributed by atoms with van der Waals surface area (Å²) < 4.78 is 2.12. The van der Waals surface area contributed by atoms with Crippen molar-refractivity contribution in [1.82, 2.24) is 20.0 Å². The number of nitrogens with one attached hydrogen (secondary N) is 2. The molecule has 2 aromatic rings. The van der Waals surface area contributed by atoms with Crippen LogP contribution in [0.25, 0.3) is 0 Å². The Kier molecular flexibility index (Phi) is 5.56. The van der Waals surface area contributed by atoms with Crippen LogP contribution in [0.3, 0.4) is 0 Å². The standard InChI is InChI=1S/C21H31N5/c1-17-10-21-23-13-20(16-26(21)24-17)12-22-11-19-8-5-9-25(15-19)14-18-6-3-2-4-7-18/h2-4,6-7,10,19-20,22-23H,5,8-9,11-16H2,1H3/t19-,20-/m0/s1. The molecule has 5 nitrogen and oxygen atoms in total. The summed E-state index contributed by atoms with van der Waals surface area (Å²) >= 11 is 0. The van der Waals surface area contributed by atoms with Crippen molar-refractivity contribution in [3.63, 3.8) is 0 Å². The number of anilines is 1. The fourth-order valence-corrected chi connectivity index (χ4v) is 4.32. The van der Waals surface area contributed by atoms with E-state index in [2.05, 4.69) is 68.6 Å². The molecule has 0 spiro atoms. The predicted octanol–water partition coefficient (Wildman–Crippen LogP) is 2.74. The van der Waals surface area contributed by atoms with Crippen LogP contribution in [0, 0.1) is 18.8 Å². The number of aryl methyl sites for hydroxylation is 1. The van der Waals surface area contributed by atoms with Gasteiger partial charge in [-0.25, -0.2) is 4.68 Å². The molecular weight excluding hydrogens is 322 g/mol. The smallest absolute Gasteiger partial charge is 0.124 e. The first-order valence-corrected chi connectivity index (χ1v) is 10.0. The summed E-state index contributed by atoms with van der Waals surface area (Å²) in [5.74, 6) is 2.56. The van der Waals surface area contributed by atoms with E-state index in [4.69, 9.17) is 0 Å². The highest BCUT2D eigenvalue weighted by atomic mass is 15.3. The van der Waals surface area contributed by atoms with E-state index in [1.54, 1.807) is 0 Å². The Bertz CT molecular complexity index is 696. The lowest BCUT2D eigenvalue weighted by Crippen LogP contribution is -2.41. The molecule has 2 N–H and O–H groups in total. The molecule has 2 aliphatic rings. The predicted molar refractivity (Wildman–Crippen MR) is 106 cm³/mol. The number of nitrogens with zero attached hydrogens (tertiary/aromatic N) is 3. The van der Waals surface area contributed by atoms with E-state index in [0.29, 0.717) is 5.92 Å². The van der Waals surface area contributed by atoms with Crippen LogP contribution in [0.15, 0.2) is 36.4 Å². The largest absolute Gasteiger partial charge is 0.370 e. The molecule has 5 heteroatoms. The minimum atomic E-state index is 0.616. The van der Waals surface area contributed by atoms with Gasteiger partial charge < -0.3 is 10.6 Å². The van der Waals surface area contributed by atoms with E-state index < -0.39 is 0 Å². The summed E-state index contributed by atoms with van der Waals surface area (Å²) in [4.78, 5) is 2.62. The van der Waals surface area contributed by atoms with Crippen molar-refractivity contribution in [2.75, 3.05) is 38.0 Å². The summed E-state index contributed by atoms with van der Waals surface area (Å²) in [7, 11) is 0. The van der Waals surface area contributed by atoms with Crippen molar-refractivity contribution in [3.8, 4) is 0 Å². The number of aromatic nitrogens is 2. The molecule has 0 unspecified atom stereocenters. The zero-order valence-electron chi connectivity index (χ0n) is 15.8. The van der Waals surface area contributed by atoms with Gasteiger partial charge in [0, 0.05) is 44.7 Å². The first-order valence-electron chi connectivity index (χ1n) is 10.0. The Morgan fingerprint density at radius 1 is 1.15 bits per heavy atom. The second-order valence-corrected chi connectivity index (χ2v) is 7.99. The summed E-state index contributed by atoms with van der Waals surface area (Å²) in [6.45, 7) is 9.87. The molecule has 26 heavy (non-hydrogen) atoms. The molecule has 2 aliphatic heterocycles. The zero-order chi connectivity index (χ0) is 17.8. The Morgan fingerprint density at radius 3 is 2.88 bits per heavy atom. The van der Waals surface area contributed by atoms with Crippen molar-refractivity contribution >= 4 is 5.82 Å². The first-order chi connectivity index (χ1) is 12.8. The van der Waals surface area contributed by atoms with Crippen LogP contribution in [0.1, 0.15) is 24.1 Å². The lowest BCUT2D eigenvalue weighted by Gasteiger charge is -2.33. The number of fused-ring (bicyclic) bond motifs is 1. The minimum absolute atomic E-state index is 0.616. The molecule has 1 aromatic heterocycles. The maximum Gasteiger partial charge on any atom is 0.124 e. The number of rotatable bonds is 6. The van der Waals surface area contributed by atoms with Gasteiger partial charge in [-0.3, -0.25) is 4.90 Å². The van der Waals surface area contributed by atoms with Gasteiger partial charge in [-0.1, -0.05) is 30.3 Å². The lowest BCUT2D eigenvalue weighted by molar-refractivity contribution is 0.164. The van der Waals surface area contributed by atoms with E-state index in [0.717, 1.165) is 44.3 Å². The molecule has 0 radical (unpaired) electrons. The van der Waals surface area contributed by atoms with Crippen molar-refractivity contribution < 1.29 is 0 Å². The summed E-state index contributed by atoms with van der Waals surface area (Å²) in [5, 5.41) is 11.8. The third-order valence-corrected chi connectivity index (χ3v) is 5.62. The molecule has 1 fully saturated rings. The van der Waals surface area contributed by atoms with Gasteiger partial charge in [-0.2, -0.15) is 5.10 Å². The lowest BCUT2D eigenvalue weighted by atomic mass is 9.97. The number of benzene rings is 1. The Balaban J connectivity index is 1.20. The molecule has 2 atom stereocenters. The maximum atomic E-state index is 4.57. The van der Waals surface area contributed by atoms with Crippen LogP contribution in [0.5, 0.6) is 0 Å². The number of piperidine rings is 1. The molecule has 0 aliphatic carbocycles. The molecule has 4 rings (SSSR count). The topological polar surface area (TPSA) is 45.1 Å². The van der Waals surface area contributed by atoms with E-state index in [9.17, 15) is 0 Å². The average Bonchev–Trinajstić information content (AvgIpc) is 3.02. The zero-order valence-corrected chi connectivity index (χ0v) is 15.8. The quantitative estimate of drug-likeness (QED) is 0.838. The van der Waals surface area contributed by atoms with Gasteiger partial charge in [0.05, 0.1) is 5.69 Å². The maximum absolute atomic E-state index is 4.57. The fourth-order valence-electron chi connectivity index (χ4n) is 4.32. The van der Waals surface area contributed by atoms with Crippen LogP contribution < -0.4 is 10.6 Å². The summed E-state index contributed by atoms with van der Waals surface area (Å²) in [6, 6.07) is 13.0. The molecule has 1 saturated heterocycles. The van der Waals surface area contributed by atoms with Crippen LogP contribution in [0.2, 0.25) is 0 Å². The van der Waals surface area contributed by atoms with E-state index in [1.165, 1.54) is 37.3 Å². The highest BCUT2D eigenvalue weighted by molar-refractivity contribution is 5.38. The SMILES string of the molecule is Cc1cc2n(n1)C[C@@H](CNC[C@@H]1CCCN(Cc3ccccc3)C1)CN2. The molecular formula is C21H31N5. The molecule has 1 aromatic carbocycles. The van der Waals surface area contributed by atoms with E-state index >= 15 is 0 Å². The molecule has 0 saturated carbocycles. The van der Waals surface area contributed by atoms with Gasteiger partial charge in [-0.15, -0.1) is 0 Å². The van der Waals surface area contributed by atoms with Gasteiger partial charge in [0.25, 0.3) is 0 Å². The van der Waals surface area contributed by atoms with Crippen LogP contribution in [-0.2, 0) is 13.1 Å². The highest BCUT2D eigenvalue weighted by Crippen LogP contribution is 2.20. The Labute approximate surface area is 156 Å². The molecule has 3 heterocycles. The third-order valence-electron chi connectivity index (χ3n) is 5.62. The average molecular weight is 354 g/mol. The highest BCUT2D eigenvalue weighted by Gasteiger charge is 2.22. The Morgan fingerprint density at radius 2 is 2.00 bits per heavy atom. The number of hydrogen-bond acceptors (Lipinski definition) is 4. The molecule has 0 bridgehead atoms. The van der Waals surface area contributed by atoms with Gasteiger partial charge >= 0.3 is 0 Å². The van der Waals surface area contributed by atoms with Crippen LogP contribution in [-0.4, -0.2) is 47.4 Å². The van der Waals surface area contributed by atoms with Gasteiger partial charge in [0.1, 0.15) is 5.82 Å². The van der Waals surface area contributed by atoms with Crippen LogP contribution >= 0.6 is 0 Å². The van der Waals surface area contributed by atoms with E-state index in [1.807, 2.05) is 0 Å². The second kappa shape index (κ2) is 8.23. The van der Waals surface area contributed by atoms with Crippen LogP contribution in [0.4, 0.5) is 5.82 Å². The number of hydrogen-bond donors (Lipinski definition) is 2. The van der Waals surface area contributed by atoms with Gasteiger partial charge in [-0.05, 0) is 44.3 Å². The van der Waals surface area contributed by atoms with E-state index in [-0.39, 0.29) is 0 Å². The summed E-state index contributed by atoms with van der Waals surface area (Å²) in [6.07, 6.45) is 2.67. The van der Waals surface area contributed by atoms with Crippen molar-refractivity contribution in [1.29, 1.82) is 0 Å². The first kappa shape index (κ1) is 17.6. The normalized spacial score (nSPS) is 23.4. The molecule has 0 amide bonds. The monoisotopic (exact) mass is 353 g/mol. The van der Waals surface area contributed by atoms with Crippen molar-refractivity contribution in [2.24, 2.45) is 11.8 Å². The van der Waals surface area contributed by atoms with Crippen molar-refractivity contribution in [3.05, 3.63) is 47.7 Å². The number of likely N-dealkylation sites (tertiary alicyclic amines) is 1. The minimum Gasteiger partial charge on any atom is -0.370 e. The third kappa shape index (κ3) is 4.46.